The smallest absolute Gasteiger partial charge is 0.334 e. The number of hydrogen-bond acceptors (Lipinski definition) is 6. The average molecular weight is 370 g/mol. The fourth-order valence-electron chi connectivity index (χ4n) is 1.86. The summed E-state index contributed by atoms with van der Waals surface area (Å²) in [4.78, 5) is 24.7. The molecule has 0 bridgehead atoms. The van der Waals surface area contributed by atoms with Gasteiger partial charge in [-0.3, -0.25) is 9.78 Å². The van der Waals surface area contributed by atoms with E-state index in [1.807, 2.05) is 4.98 Å². The molecule has 2 heterocycles. The molecule has 0 aliphatic carbocycles. The molecule has 0 aromatic carbocycles. The highest BCUT2D eigenvalue weighted by Crippen LogP contribution is 2.41. The first-order valence-electron chi connectivity index (χ1n) is 5.09. The third kappa shape index (κ3) is 2.18. The Kier molecular flexibility index (Phi) is 3.49. The Morgan fingerprint density at radius 3 is 2.78 bits per heavy atom. The number of alkyl halides is 1. The number of aromatic amines is 1. The van der Waals surface area contributed by atoms with Crippen molar-refractivity contribution in [2.24, 2.45) is 0 Å². The molecule has 9 heteroatoms. The molecule has 3 atom stereocenters. The normalized spacial score (nSPS) is 31.7. The lowest BCUT2D eigenvalue weighted by Gasteiger charge is -2.24. The summed E-state index contributed by atoms with van der Waals surface area (Å²) in [7, 11) is 0. The van der Waals surface area contributed by atoms with Gasteiger partial charge in [-0.2, -0.15) is 0 Å². The number of aliphatic hydroxyl groups is 2. The predicted octanol–water partition coefficient (Wildman–Crippen LogP) is -1.57. The molecular formula is C9H11IN2O6. The minimum absolute atomic E-state index is 0.00169. The van der Waals surface area contributed by atoms with Crippen LogP contribution < -0.4 is 11.2 Å². The van der Waals surface area contributed by atoms with Crippen molar-refractivity contribution in [2.75, 3.05) is 6.61 Å². The molecule has 0 amide bonds. The maximum atomic E-state index is 11.7. The summed E-state index contributed by atoms with van der Waals surface area (Å²) in [5.41, 5.74) is -1.58. The van der Waals surface area contributed by atoms with Gasteiger partial charge in [-0.1, -0.05) is 0 Å². The fraction of sp³-hybridized carbons (Fsp3) is 0.556. The number of halogens is 1. The van der Waals surface area contributed by atoms with Crippen LogP contribution in [0.25, 0.3) is 0 Å². The largest absolute Gasteiger partial charge is 0.494 e. The van der Waals surface area contributed by atoms with Crippen molar-refractivity contribution < 1.29 is 20.1 Å². The van der Waals surface area contributed by atoms with E-state index >= 15 is 0 Å². The predicted molar refractivity (Wildman–Crippen MR) is 67.6 cm³/mol. The van der Waals surface area contributed by atoms with Gasteiger partial charge in [0.15, 0.2) is 0 Å². The summed E-state index contributed by atoms with van der Waals surface area (Å²) in [6.45, 7) is -0.412. The Hall–Kier alpha value is -0.910. The molecule has 4 N–H and O–H groups in total. The maximum Gasteiger partial charge on any atom is 0.334 e. The van der Waals surface area contributed by atoms with Crippen LogP contribution in [0, 0.1) is 0 Å². The number of ether oxygens (including phenoxy) is 1. The SMILES string of the molecule is O=c1cc(O)n([C@@]2(I)C[C@H](O)[C@@H](CO)O2)c(=O)[nH]1. The molecule has 0 unspecified atom stereocenters. The topological polar surface area (TPSA) is 125 Å². The Balaban J connectivity index is 2.50. The molecule has 8 nitrogen and oxygen atoms in total. The highest BCUT2D eigenvalue weighted by molar-refractivity contribution is 14.1. The molecule has 1 aromatic heterocycles. The monoisotopic (exact) mass is 370 g/mol. The minimum atomic E-state index is -1.35. The van der Waals surface area contributed by atoms with Gasteiger partial charge in [0, 0.05) is 6.42 Å². The third-order valence-electron chi connectivity index (χ3n) is 2.66. The van der Waals surface area contributed by atoms with Gasteiger partial charge in [0.05, 0.1) is 18.8 Å². The van der Waals surface area contributed by atoms with Crippen molar-refractivity contribution in [3.63, 3.8) is 0 Å². The Labute approximate surface area is 114 Å². The number of aromatic hydroxyl groups is 1. The Bertz CT molecular complexity index is 569. The van der Waals surface area contributed by atoms with Crippen molar-refractivity contribution in [1.82, 2.24) is 9.55 Å². The van der Waals surface area contributed by atoms with E-state index in [-0.39, 0.29) is 6.42 Å². The van der Waals surface area contributed by atoms with Crippen molar-refractivity contribution in [2.45, 2.75) is 22.4 Å². The second-order valence-electron chi connectivity index (χ2n) is 3.93. The lowest BCUT2D eigenvalue weighted by atomic mass is 10.2. The second-order valence-corrected chi connectivity index (χ2v) is 5.62. The van der Waals surface area contributed by atoms with Gasteiger partial charge < -0.3 is 20.1 Å². The van der Waals surface area contributed by atoms with E-state index in [1.54, 1.807) is 22.6 Å². The molecule has 1 aliphatic rings. The quantitative estimate of drug-likeness (QED) is 0.368. The first kappa shape index (κ1) is 13.5. The fourth-order valence-corrected chi connectivity index (χ4v) is 3.10. The summed E-state index contributed by atoms with van der Waals surface area (Å²) >= 11 is 1.74. The molecule has 18 heavy (non-hydrogen) atoms. The summed E-state index contributed by atoms with van der Waals surface area (Å²) in [6.07, 6.45) is -1.82. The molecule has 1 saturated heterocycles. The van der Waals surface area contributed by atoms with Crippen molar-refractivity contribution in [1.29, 1.82) is 0 Å². The zero-order valence-electron chi connectivity index (χ0n) is 9.04. The summed E-state index contributed by atoms with van der Waals surface area (Å²) in [6, 6.07) is 0.837. The van der Waals surface area contributed by atoms with Crippen LogP contribution in [-0.4, -0.2) is 43.7 Å². The van der Waals surface area contributed by atoms with Gasteiger partial charge in [0.2, 0.25) is 9.61 Å². The van der Waals surface area contributed by atoms with Crippen molar-refractivity contribution in [3.8, 4) is 5.88 Å². The van der Waals surface area contributed by atoms with Gasteiger partial charge in [-0.15, -0.1) is 0 Å². The van der Waals surface area contributed by atoms with E-state index in [2.05, 4.69) is 0 Å². The molecule has 2 rings (SSSR count). The molecule has 100 valence electrons. The summed E-state index contributed by atoms with van der Waals surface area (Å²) < 4.78 is 4.84. The number of nitrogens with one attached hydrogen (secondary N) is 1. The van der Waals surface area contributed by atoms with Gasteiger partial charge in [-0.25, -0.2) is 9.36 Å². The van der Waals surface area contributed by atoms with Crippen LogP contribution in [0.4, 0.5) is 0 Å². The van der Waals surface area contributed by atoms with E-state index < -0.39 is 39.7 Å². The number of rotatable bonds is 2. The zero-order chi connectivity index (χ0) is 13.5. The van der Waals surface area contributed by atoms with Gasteiger partial charge in [-0.05, 0) is 22.6 Å². The van der Waals surface area contributed by atoms with Gasteiger partial charge >= 0.3 is 5.69 Å². The molecule has 0 radical (unpaired) electrons. The van der Waals surface area contributed by atoms with Crippen LogP contribution in [0.15, 0.2) is 15.7 Å². The van der Waals surface area contributed by atoms with E-state index in [4.69, 9.17) is 9.84 Å². The number of aliphatic hydroxyl groups excluding tert-OH is 2. The molecule has 1 aliphatic heterocycles. The van der Waals surface area contributed by atoms with Gasteiger partial charge in [0.25, 0.3) is 5.56 Å². The van der Waals surface area contributed by atoms with Gasteiger partial charge in [0.1, 0.15) is 6.10 Å². The number of aromatic nitrogens is 2. The molecule has 0 spiro atoms. The van der Waals surface area contributed by atoms with Crippen LogP contribution in [-0.2, 0) is 8.47 Å². The highest BCUT2D eigenvalue weighted by atomic mass is 127. The number of nitrogens with zero attached hydrogens (tertiary/aromatic N) is 1. The maximum absolute atomic E-state index is 11.7. The standard InChI is InChI=1S/C9H11IN2O6/c10-9(2-4(14)5(3-13)18-9)12-7(16)1-6(15)11-8(12)17/h1,4-5,13-14,16H,2-3H2,(H,11,15,17)/t4-,5+,9-/m0/s1. The first-order valence-corrected chi connectivity index (χ1v) is 6.17. The summed E-state index contributed by atoms with van der Waals surface area (Å²) in [5, 5.41) is 28.3. The molecule has 0 saturated carbocycles. The Morgan fingerprint density at radius 1 is 1.61 bits per heavy atom. The Morgan fingerprint density at radius 2 is 2.28 bits per heavy atom. The van der Waals surface area contributed by atoms with Crippen LogP contribution in [0.3, 0.4) is 0 Å². The van der Waals surface area contributed by atoms with Crippen molar-refractivity contribution >= 4 is 22.6 Å². The summed E-state index contributed by atoms with van der Waals surface area (Å²) in [5.74, 6) is -0.566. The van der Waals surface area contributed by atoms with Crippen LogP contribution in [0.1, 0.15) is 6.42 Å². The highest BCUT2D eigenvalue weighted by Gasteiger charge is 2.47. The first-order chi connectivity index (χ1) is 8.37. The van der Waals surface area contributed by atoms with E-state index in [0.717, 1.165) is 10.6 Å². The van der Waals surface area contributed by atoms with E-state index in [1.165, 1.54) is 0 Å². The number of H-pyrrole nitrogens is 1. The van der Waals surface area contributed by atoms with E-state index in [0.29, 0.717) is 0 Å². The zero-order valence-corrected chi connectivity index (χ0v) is 11.2. The van der Waals surface area contributed by atoms with Crippen LogP contribution in [0.2, 0.25) is 0 Å². The lowest BCUT2D eigenvalue weighted by Crippen LogP contribution is -2.40. The van der Waals surface area contributed by atoms with Crippen LogP contribution in [0.5, 0.6) is 5.88 Å². The van der Waals surface area contributed by atoms with Crippen molar-refractivity contribution in [3.05, 3.63) is 26.9 Å². The molecule has 1 fully saturated rings. The van der Waals surface area contributed by atoms with Crippen LogP contribution >= 0.6 is 22.6 Å². The molecule has 1 aromatic rings. The lowest BCUT2D eigenvalue weighted by molar-refractivity contribution is -0.0575. The number of hydrogen-bond donors (Lipinski definition) is 4. The minimum Gasteiger partial charge on any atom is -0.494 e. The molecular weight excluding hydrogens is 359 g/mol. The second kappa shape index (κ2) is 4.64. The average Bonchev–Trinajstić information content (AvgIpc) is 2.52. The third-order valence-corrected chi connectivity index (χ3v) is 3.84. The van der Waals surface area contributed by atoms with E-state index in [9.17, 15) is 19.8 Å².